The smallest absolute Gasteiger partial charge is 0.231 e. The molecule has 0 heterocycles. The fourth-order valence-corrected chi connectivity index (χ4v) is 2.94. The van der Waals surface area contributed by atoms with Gasteiger partial charge in [-0.3, -0.25) is 4.79 Å². The highest BCUT2D eigenvalue weighted by atomic mass is 35.5. The van der Waals surface area contributed by atoms with Crippen LogP contribution in [0.25, 0.3) is 0 Å². The summed E-state index contributed by atoms with van der Waals surface area (Å²) < 4.78 is 0. The summed E-state index contributed by atoms with van der Waals surface area (Å²) in [5.74, 6) is 0.114. The van der Waals surface area contributed by atoms with Crippen LogP contribution in [0.1, 0.15) is 42.5 Å². The number of carbonyl (C=O) groups is 1. The monoisotopic (exact) mass is 313 g/mol. The number of carbonyl (C=O) groups excluding carboxylic acids is 1. The van der Waals surface area contributed by atoms with Crippen LogP contribution in [0.4, 0.5) is 0 Å². The van der Waals surface area contributed by atoms with Crippen molar-refractivity contribution >= 4 is 17.5 Å². The first-order valence-corrected chi connectivity index (χ1v) is 8.03. The lowest BCUT2D eigenvalue weighted by Gasteiger charge is -2.20. The maximum absolute atomic E-state index is 12.7. The number of rotatable bonds is 4. The molecular formula is C19H20ClNO. The third kappa shape index (κ3) is 2.89. The predicted octanol–water partition coefficient (Wildman–Crippen LogP) is 4.56. The van der Waals surface area contributed by atoms with E-state index < -0.39 is 0 Å². The molecule has 2 aromatic carbocycles. The largest absolute Gasteiger partial charge is 0.349 e. The Labute approximate surface area is 136 Å². The van der Waals surface area contributed by atoms with E-state index >= 15 is 0 Å². The van der Waals surface area contributed by atoms with Crippen molar-refractivity contribution in [2.24, 2.45) is 0 Å². The number of hydrogen-bond acceptors (Lipinski definition) is 1. The number of aryl methyl sites for hydroxylation is 1. The molecule has 1 atom stereocenters. The second-order valence-corrected chi connectivity index (χ2v) is 6.63. The average Bonchev–Trinajstić information content (AvgIpc) is 3.30. The van der Waals surface area contributed by atoms with Gasteiger partial charge in [-0.15, -0.1) is 0 Å². The first-order chi connectivity index (χ1) is 10.5. The maximum Gasteiger partial charge on any atom is 0.231 e. The van der Waals surface area contributed by atoms with Gasteiger partial charge in [-0.2, -0.15) is 0 Å². The van der Waals surface area contributed by atoms with E-state index in [0.717, 1.165) is 24.0 Å². The van der Waals surface area contributed by atoms with E-state index in [4.69, 9.17) is 11.6 Å². The summed E-state index contributed by atoms with van der Waals surface area (Å²) >= 11 is 5.94. The molecule has 3 heteroatoms. The molecule has 0 aliphatic heterocycles. The van der Waals surface area contributed by atoms with Gasteiger partial charge in [0.1, 0.15) is 0 Å². The molecule has 2 nitrogen and oxygen atoms in total. The van der Waals surface area contributed by atoms with Crippen LogP contribution in [0.5, 0.6) is 0 Å². The lowest BCUT2D eigenvalue weighted by molar-refractivity contribution is -0.124. The zero-order valence-corrected chi connectivity index (χ0v) is 13.7. The Morgan fingerprint density at radius 3 is 2.23 bits per heavy atom. The summed E-state index contributed by atoms with van der Waals surface area (Å²) in [4.78, 5) is 12.7. The van der Waals surface area contributed by atoms with Gasteiger partial charge >= 0.3 is 0 Å². The quantitative estimate of drug-likeness (QED) is 0.881. The minimum absolute atomic E-state index is 0.0119. The number of nitrogens with one attached hydrogen (secondary N) is 1. The van der Waals surface area contributed by atoms with Gasteiger partial charge in [0.2, 0.25) is 5.91 Å². The molecule has 0 saturated heterocycles. The molecule has 1 aliphatic carbocycles. The summed E-state index contributed by atoms with van der Waals surface area (Å²) in [6.45, 7) is 4.09. The average molecular weight is 314 g/mol. The van der Waals surface area contributed by atoms with Gasteiger partial charge in [0, 0.05) is 5.02 Å². The van der Waals surface area contributed by atoms with E-state index in [0.29, 0.717) is 5.02 Å². The van der Waals surface area contributed by atoms with Crippen molar-refractivity contribution in [3.8, 4) is 0 Å². The van der Waals surface area contributed by atoms with Crippen molar-refractivity contribution in [2.45, 2.75) is 38.1 Å². The molecule has 0 radical (unpaired) electrons. The number of halogens is 1. The molecule has 0 spiro atoms. The van der Waals surface area contributed by atoms with Crippen molar-refractivity contribution in [3.63, 3.8) is 0 Å². The van der Waals surface area contributed by atoms with Crippen LogP contribution in [0.3, 0.4) is 0 Å². The number of amides is 1. The fourth-order valence-electron chi connectivity index (χ4n) is 2.81. The molecule has 0 aromatic heterocycles. The highest BCUT2D eigenvalue weighted by molar-refractivity contribution is 6.30. The summed E-state index contributed by atoms with van der Waals surface area (Å²) in [5, 5.41) is 3.86. The van der Waals surface area contributed by atoms with Crippen LogP contribution < -0.4 is 5.32 Å². The summed E-state index contributed by atoms with van der Waals surface area (Å²) in [6.07, 6.45) is 1.81. The van der Waals surface area contributed by atoms with Gasteiger partial charge in [-0.1, -0.05) is 53.6 Å². The van der Waals surface area contributed by atoms with Crippen molar-refractivity contribution in [1.82, 2.24) is 5.32 Å². The molecule has 1 N–H and O–H groups in total. The van der Waals surface area contributed by atoms with Gasteiger partial charge in [0.15, 0.2) is 0 Å². The maximum atomic E-state index is 12.7. The van der Waals surface area contributed by atoms with Crippen LogP contribution in [-0.4, -0.2) is 5.91 Å². The van der Waals surface area contributed by atoms with E-state index in [1.54, 1.807) is 0 Å². The minimum Gasteiger partial charge on any atom is -0.349 e. The van der Waals surface area contributed by atoms with Crippen molar-refractivity contribution in [1.29, 1.82) is 0 Å². The zero-order chi connectivity index (χ0) is 15.7. The first-order valence-electron chi connectivity index (χ1n) is 7.65. The normalized spacial score (nSPS) is 16.9. The fraction of sp³-hybridized carbons (Fsp3) is 0.316. The van der Waals surface area contributed by atoms with Crippen LogP contribution in [0.2, 0.25) is 5.02 Å². The summed E-state index contributed by atoms with van der Waals surface area (Å²) in [5.41, 5.74) is 3.06. The molecule has 3 rings (SSSR count). The topological polar surface area (TPSA) is 29.1 Å². The molecule has 22 heavy (non-hydrogen) atoms. The van der Waals surface area contributed by atoms with E-state index in [9.17, 15) is 4.79 Å². The Balaban J connectivity index is 1.74. The van der Waals surface area contributed by atoms with Gasteiger partial charge < -0.3 is 5.32 Å². The third-order valence-electron chi connectivity index (χ3n) is 4.51. The lowest BCUT2D eigenvalue weighted by atomic mass is 9.94. The number of benzene rings is 2. The summed E-state index contributed by atoms with van der Waals surface area (Å²) in [7, 11) is 0. The van der Waals surface area contributed by atoms with Crippen molar-refractivity contribution in [3.05, 3.63) is 70.2 Å². The van der Waals surface area contributed by atoms with Crippen LogP contribution in [0, 0.1) is 6.92 Å². The highest BCUT2D eigenvalue weighted by Crippen LogP contribution is 2.48. The van der Waals surface area contributed by atoms with E-state index in [1.165, 1.54) is 5.56 Å². The van der Waals surface area contributed by atoms with Gasteiger partial charge in [-0.05, 0) is 49.9 Å². The molecule has 1 aliphatic rings. The van der Waals surface area contributed by atoms with Crippen LogP contribution in [-0.2, 0) is 10.2 Å². The number of hydrogen-bond donors (Lipinski definition) is 1. The minimum atomic E-state index is -0.358. The Hall–Kier alpha value is -1.80. The molecule has 1 saturated carbocycles. The molecule has 1 unspecified atom stereocenters. The van der Waals surface area contributed by atoms with E-state index in [2.05, 4.69) is 36.5 Å². The lowest BCUT2D eigenvalue weighted by Crippen LogP contribution is -2.36. The van der Waals surface area contributed by atoms with Gasteiger partial charge in [-0.25, -0.2) is 0 Å². The van der Waals surface area contributed by atoms with E-state index in [-0.39, 0.29) is 17.4 Å². The second kappa shape index (κ2) is 5.77. The molecule has 2 aromatic rings. The Bertz CT molecular complexity index is 672. The molecular weight excluding hydrogens is 294 g/mol. The standard InChI is InChI=1S/C19H20ClNO/c1-13-3-5-15(6-4-13)14(2)21-18(22)19(11-12-19)16-7-9-17(20)10-8-16/h3-10,14H,11-12H2,1-2H3,(H,21,22). The Morgan fingerprint density at radius 2 is 1.68 bits per heavy atom. The Kier molecular flexibility index (Phi) is 3.96. The predicted molar refractivity (Wildman–Crippen MR) is 90.1 cm³/mol. The SMILES string of the molecule is Cc1ccc(C(C)NC(=O)C2(c3ccc(Cl)cc3)CC2)cc1. The first kappa shape index (κ1) is 15.1. The summed E-state index contributed by atoms with van der Waals surface area (Å²) in [6, 6.07) is 15.9. The second-order valence-electron chi connectivity index (χ2n) is 6.19. The van der Waals surface area contributed by atoms with Gasteiger partial charge in [0.25, 0.3) is 0 Å². The zero-order valence-electron chi connectivity index (χ0n) is 12.9. The van der Waals surface area contributed by atoms with Crippen molar-refractivity contribution in [2.75, 3.05) is 0 Å². The van der Waals surface area contributed by atoms with E-state index in [1.807, 2.05) is 31.2 Å². The molecule has 0 bridgehead atoms. The van der Waals surface area contributed by atoms with Crippen LogP contribution >= 0.6 is 11.6 Å². The molecule has 114 valence electrons. The third-order valence-corrected chi connectivity index (χ3v) is 4.76. The highest BCUT2D eigenvalue weighted by Gasteiger charge is 2.51. The molecule has 1 fully saturated rings. The Morgan fingerprint density at radius 1 is 1.09 bits per heavy atom. The van der Waals surface area contributed by atoms with Crippen LogP contribution in [0.15, 0.2) is 48.5 Å². The van der Waals surface area contributed by atoms with Crippen molar-refractivity contribution < 1.29 is 4.79 Å². The molecule has 1 amide bonds. The van der Waals surface area contributed by atoms with Gasteiger partial charge in [0.05, 0.1) is 11.5 Å².